The Morgan fingerprint density at radius 2 is 1.63 bits per heavy atom. The summed E-state index contributed by atoms with van der Waals surface area (Å²) in [6, 6.07) is 16.1. The normalized spacial score (nSPS) is 17.7. The Labute approximate surface area is 113 Å². The van der Waals surface area contributed by atoms with Gasteiger partial charge in [0.15, 0.2) is 0 Å². The highest BCUT2D eigenvalue weighted by Gasteiger charge is 2.33. The van der Waals surface area contributed by atoms with Crippen LogP contribution in [0.15, 0.2) is 48.5 Å². The van der Waals surface area contributed by atoms with Gasteiger partial charge in [-0.2, -0.15) is 0 Å². The molecule has 0 spiro atoms. The fraction of sp³-hybridized carbons (Fsp3) is 0.200. The number of anilines is 3. The van der Waals surface area contributed by atoms with Crippen LogP contribution < -0.4 is 21.5 Å². The molecule has 0 amide bonds. The first-order valence-electron chi connectivity index (χ1n) is 6.47. The molecular weight excluding hydrogens is 236 g/mol. The smallest absolute Gasteiger partial charge is 0.142 e. The van der Waals surface area contributed by atoms with Gasteiger partial charge >= 0.3 is 0 Å². The van der Waals surface area contributed by atoms with Gasteiger partial charge in [0, 0.05) is 12.2 Å². The molecule has 2 aromatic rings. The van der Waals surface area contributed by atoms with E-state index in [1.54, 1.807) is 0 Å². The van der Waals surface area contributed by atoms with Crippen molar-refractivity contribution in [3.05, 3.63) is 54.1 Å². The maximum absolute atomic E-state index is 6.29. The van der Waals surface area contributed by atoms with Crippen LogP contribution in [-0.2, 0) is 0 Å². The fourth-order valence-corrected chi connectivity index (χ4v) is 2.69. The van der Waals surface area contributed by atoms with Crippen LogP contribution in [0.4, 0.5) is 17.1 Å². The van der Waals surface area contributed by atoms with E-state index in [-0.39, 0.29) is 6.17 Å². The highest BCUT2D eigenvalue weighted by molar-refractivity contribution is 5.77. The first-order chi connectivity index (χ1) is 9.22. The Morgan fingerprint density at radius 1 is 1.00 bits per heavy atom. The Morgan fingerprint density at radius 3 is 2.26 bits per heavy atom. The molecule has 0 aromatic heterocycles. The molecular formula is C15H18N4. The van der Waals surface area contributed by atoms with E-state index in [0.29, 0.717) is 0 Å². The first kappa shape index (κ1) is 11.9. The van der Waals surface area contributed by atoms with Crippen LogP contribution in [0, 0.1) is 0 Å². The van der Waals surface area contributed by atoms with Crippen molar-refractivity contribution in [2.75, 3.05) is 22.2 Å². The van der Waals surface area contributed by atoms with E-state index in [1.807, 2.05) is 41.4 Å². The van der Waals surface area contributed by atoms with E-state index in [2.05, 4.69) is 24.0 Å². The van der Waals surface area contributed by atoms with E-state index in [9.17, 15) is 0 Å². The van der Waals surface area contributed by atoms with Crippen molar-refractivity contribution < 1.29 is 0 Å². The van der Waals surface area contributed by atoms with Crippen molar-refractivity contribution in [2.24, 2.45) is 5.84 Å². The number of nitrogens with two attached hydrogens (primary N) is 2. The van der Waals surface area contributed by atoms with E-state index < -0.39 is 0 Å². The highest BCUT2D eigenvalue weighted by Crippen LogP contribution is 2.43. The molecule has 1 unspecified atom stereocenters. The third-order valence-corrected chi connectivity index (χ3v) is 3.60. The number of hydrogen-bond acceptors (Lipinski definition) is 4. The molecule has 1 atom stereocenters. The van der Waals surface area contributed by atoms with Gasteiger partial charge < -0.3 is 10.6 Å². The minimum absolute atomic E-state index is 0.0306. The standard InChI is InChI=1S/C15H18N4/c1-2-18-13-5-3-4-6-14(13)19(17)15(18)11-7-9-12(16)10-8-11/h3-10,15H,2,16-17H2,1H3. The number of fused-ring (bicyclic) bond motifs is 1. The molecule has 2 aromatic carbocycles. The quantitative estimate of drug-likeness (QED) is 0.638. The van der Waals surface area contributed by atoms with Gasteiger partial charge in [-0.1, -0.05) is 24.3 Å². The maximum Gasteiger partial charge on any atom is 0.142 e. The number of rotatable bonds is 2. The Hall–Kier alpha value is -2.20. The molecule has 0 fully saturated rings. The van der Waals surface area contributed by atoms with Gasteiger partial charge in [0.05, 0.1) is 11.4 Å². The van der Waals surface area contributed by atoms with Crippen molar-refractivity contribution in [2.45, 2.75) is 13.1 Å². The van der Waals surface area contributed by atoms with Crippen molar-refractivity contribution in [3.63, 3.8) is 0 Å². The molecule has 1 aliphatic heterocycles. The number of hydrogen-bond donors (Lipinski definition) is 2. The van der Waals surface area contributed by atoms with Gasteiger partial charge in [-0.25, -0.2) is 5.84 Å². The topological polar surface area (TPSA) is 58.5 Å². The third-order valence-electron chi connectivity index (χ3n) is 3.60. The maximum atomic E-state index is 6.29. The largest absolute Gasteiger partial charge is 0.399 e. The summed E-state index contributed by atoms with van der Waals surface area (Å²) in [5, 5.41) is 1.82. The summed E-state index contributed by atoms with van der Waals surface area (Å²) in [4.78, 5) is 2.29. The number of para-hydroxylation sites is 2. The summed E-state index contributed by atoms with van der Waals surface area (Å²) in [5.74, 6) is 6.29. The van der Waals surface area contributed by atoms with Crippen LogP contribution in [-0.4, -0.2) is 6.54 Å². The van der Waals surface area contributed by atoms with Crippen LogP contribution in [0.25, 0.3) is 0 Å². The number of nitrogen functional groups attached to an aromatic ring is 1. The summed E-state index contributed by atoms with van der Waals surface area (Å²) in [5.41, 5.74) is 9.91. The van der Waals surface area contributed by atoms with Gasteiger partial charge in [0.25, 0.3) is 0 Å². The highest BCUT2D eigenvalue weighted by atomic mass is 15.5. The summed E-state index contributed by atoms with van der Waals surface area (Å²) in [6.07, 6.45) is 0.0306. The average Bonchev–Trinajstić information content (AvgIpc) is 2.73. The van der Waals surface area contributed by atoms with E-state index >= 15 is 0 Å². The lowest BCUT2D eigenvalue weighted by molar-refractivity contribution is 0.633. The molecule has 19 heavy (non-hydrogen) atoms. The van der Waals surface area contributed by atoms with Crippen LogP contribution in [0.3, 0.4) is 0 Å². The molecule has 98 valence electrons. The molecule has 0 saturated heterocycles. The van der Waals surface area contributed by atoms with Gasteiger partial charge in [-0.3, -0.25) is 5.01 Å². The molecule has 4 heteroatoms. The van der Waals surface area contributed by atoms with Crippen LogP contribution in [0.1, 0.15) is 18.7 Å². The zero-order valence-electron chi connectivity index (χ0n) is 11.0. The van der Waals surface area contributed by atoms with E-state index in [4.69, 9.17) is 11.6 Å². The molecule has 0 aliphatic carbocycles. The molecule has 0 bridgehead atoms. The van der Waals surface area contributed by atoms with Gasteiger partial charge in [0.1, 0.15) is 6.17 Å². The van der Waals surface area contributed by atoms with Crippen LogP contribution >= 0.6 is 0 Å². The minimum Gasteiger partial charge on any atom is -0.399 e. The molecule has 4 N–H and O–H groups in total. The van der Waals surface area contributed by atoms with Crippen molar-refractivity contribution >= 4 is 17.1 Å². The average molecular weight is 254 g/mol. The van der Waals surface area contributed by atoms with Crippen molar-refractivity contribution in [1.29, 1.82) is 0 Å². The Kier molecular flexibility index (Phi) is 2.80. The summed E-state index contributed by atoms with van der Waals surface area (Å²) in [7, 11) is 0. The fourth-order valence-electron chi connectivity index (χ4n) is 2.69. The Balaban J connectivity index is 2.05. The SMILES string of the molecule is CCN1c2ccccc2N(N)C1c1ccc(N)cc1. The molecule has 0 radical (unpaired) electrons. The van der Waals surface area contributed by atoms with E-state index in [1.165, 1.54) is 5.69 Å². The number of hydrazine groups is 1. The van der Waals surface area contributed by atoms with Gasteiger partial charge in [-0.15, -0.1) is 0 Å². The lowest BCUT2D eigenvalue weighted by Crippen LogP contribution is -2.39. The second kappa shape index (κ2) is 4.48. The van der Waals surface area contributed by atoms with Gasteiger partial charge in [-0.05, 0) is 36.8 Å². The van der Waals surface area contributed by atoms with Crippen molar-refractivity contribution in [1.82, 2.24) is 0 Å². The second-order valence-electron chi connectivity index (χ2n) is 4.72. The molecule has 1 heterocycles. The first-order valence-corrected chi connectivity index (χ1v) is 6.47. The summed E-state index contributed by atoms with van der Waals surface area (Å²) >= 11 is 0. The predicted molar refractivity (Wildman–Crippen MR) is 79.7 cm³/mol. The van der Waals surface area contributed by atoms with E-state index in [0.717, 1.165) is 23.5 Å². The Bertz CT molecular complexity index is 579. The van der Waals surface area contributed by atoms with Crippen LogP contribution in [0.2, 0.25) is 0 Å². The third kappa shape index (κ3) is 1.81. The lowest BCUT2D eigenvalue weighted by Gasteiger charge is -2.29. The molecule has 4 nitrogen and oxygen atoms in total. The zero-order chi connectivity index (χ0) is 13.4. The minimum atomic E-state index is 0.0306. The molecule has 0 saturated carbocycles. The molecule has 1 aliphatic rings. The van der Waals surface area contributed by atoms with Crippen molar-refractivity contribution in [3.8, 4) is 0 Å². The zero-order valence-corrected chi connectivity index (χ0v) is 11.0. The molecule has 3 rings (SSSR count). The number of benzene rings is 2. The lowest BCUT2D eigenvalue weighted by atomic mass is 10.1. The summed E-state index contributed by atoms with van der Waals surface area (Å²) in [6.45, 7) is 3.04. The van der Waals surface area contributed by atoms with Gasteiger partial charge in [0.2, 0.25) is 0 Å². The van der Waals surface area contributed by atoms with Crippen LogP contribution in [0.5, 0.6) is 0 Å². The summed E-state index contributed by atoms with van der Waals surface area (Å²) < 4.78 is 0. The second-order valence-corrected chi connectivity index (χ2v) is 4.72. The monoisotopic (exact) mass is 254 g/mol. The predicted octanol–water partition coefficient (Wildman–Crippen LogP) is 2.49. The number of nitrogens with zero attached hydrogens (tertiary/aromatic N) is 2.